The van der Waals surface area contributed by atoms with Crippen molar-refractivity contribution in [3.8, 4) is 0 Å². The molecule has 27 heavy (non-hydrogen) atoms. The second kappa shape index (κ2) is 7.34. The molecule has 0 aliphatic rings. The minimum atomic E-state index is -2.08. The molecule has 0 unspecified atom stereocenters. The number of carbonyl (C=O) groups excluding carboxylic acids is 1. The van der Waals surface area contributed by atoms with Crippen molar-refractivity contribution < 1.29 is 14.7 Å². The van der Waals surface area contributed by atoms with Gasteiger partial charge in [0, 0.05) is 30.6 Å². The van der Waals surface area contributed by atoms with E-state index in [1.165, 1.54) is 0 Å². The minimum absolute atomic E-state index is 0.120. The van der Waals surface area contributed by atoms with Crippen molar-refractivity contribution in [1.82, 2.24) is 4.57 Å². The van der Waals surface area contributed by atoms with Gasteiger partial charge >= 0.3 is 5.97 Å². The van der Waals surface area contributed by atoms with Crippen LogP contribution in [0.3, 0.4) is 0 Å². The maximum atomic E-state index is 12.9. The molecule has 0 bridgehead atoms. The highest BCUT2D eigenvalue weighted by Crippen LogP contribution is 2.25. The molecule has 2 atom stereocenters. The molecule has 0 aliphatic heterocycles. The molecule has 0 saturated carbocycles. The van der Waals surface area contributed by atoms with E-state index in [4.69, 9.17) is 11.5 Å². The molecule has 0 radical (unpaired) electrons. The van der Waals surface area contributed by atoms with Crippen LogP contribution >= 0.6 is 0 Å². The van der Waals surface area contributed by atoms with Gasteiger partial charge in [-0.15, -0.1) is 0 Å². The fourth-order valence-corrected chi connectivity index (χ4v) is 3.43. The Kier molecular flexibility index (Phi) is 5.12. The fraction of sp³-hybridized carbons (Fsp3) is 0.238. The van der Waals surface area contributed by atoms with Crippen LogP contribution in [-0.2, 0) is 29.5 Å². The first kappa shape index (κ1) is 18.8. The zero-order chi connectivity index (χ0) is 19.6. The number of carbonyl (C=O) groups is 2. The Morgan fingerprint density at radius 3 is 2.41 bits per heavy atom. The van der Waals surface area contributed by atoms with Gasteiger partial charge in [0.05, 0.1) is 6.04 Å². The topological polar surface area (TPSA) is 111 Å². The van der Waals surface area contributed by atoms with Gasteiger partial charge in [0.15, 0.2) is 11.3 Å². The number of carboxylic acid groups (broad SMARTS) is 1. The lowest BCUT2D eigenvalue weighted by Gasteiger charge is -2.26. The third kappa shape index (κ3) is 3.63. The van der Waals surface area contributed by atoms with Crippen LogP contribution < -0.4 is 11.5 Å². The molecule has 0 spiro atoms. The van der Waals surface area contributed by atoms with Gasteiger partial charge in [-0.25, -0.2) is 4.79 Å². The zero-order valence-electron chi connectivity index (χ0n) is 15.1. The van der Waals surface area contributed by atoms with E-state index in [0.717, 1.165) is 16.5 Å². The normalized spacial score (nSPS) is 14.6. The van der Waals surface area contributed by atoms with Gasteiger partial charge in [-0.1, -0.05) is 48.5 Å². The van der Waals surface area contributed by atoms with E-state index in [-0.39, 0.29) is 12.8 Å². The number of carboxylic acids is 1. The van der Waals surface area contributed by atoms with E-state index < -0.39 is 23.3 Å². The lowest BCUT2D eigenvalue weighted by molar-refractivity contribution is -0.148. The lowest BCUT2D eigenvalue weighted by Crippen LogP contribution is -2.62. The third-order valence-corrected chi connectivity index (χ3v) is 4.91. The Hall–Kier alpha value is -2.96. The SMILES string of the molecule is Cn1cc(C[C@@](N)(C(=O)O)C(=O)[C@@H](N)Cc2ccccc2)c2ccccc21. The predicted molar refractivity (Wildman–Crippen MR) is 104 cm³/mol. The second-order valence-corrected chi connectivity index (χ2v) is 6.90. The lowest BCUT2D eigenvalue weighted by atomic mass is 9.83. The van der Waals surface area contributed by atoms with E-state index >= 15 is 0 Å². The number of aromatic nitrogens is 1. The van der Waals surface area contributed by atoms with Crippen molar-refractivity contribution in [2.24, 2.45) is 18.5 Å². The van der Waals surface area contributed by atoms with Gasteiger partial charge in [-0.05, 0) is 23.6 Å². The number of fused-ring (bicyclic) bond motifs is 1. The molecular weight excluding hydrogens is 342 g/mol. The van der Waals surface area contributed by atoms with E-state index in [1.54, 1.807) is 0 Å². The molecule has 0 aliphatic carbocycles. The summed E-state index contributed by atoms with van der Waals surface area (Å²) in [6.45, 7) is 0. The number of hydrogen-bond donors (Lipinski definition) is 3. The average Bonchev–Trinajstić information content (AvgIpc) is 2.97. The van der Waals surface area contributed by atoms with E-state index in [2.05, 4.69) is 0 Å². The van der Waals surface area contributed by atoms with Gasteiger partial charge in [-0.3, -0.25) is 4.79 Å². The fourth-order valence-electron chi connectivity index (χ4n) is 3.43. The first-order valence-corrected chi connectivity index (χ1v) is 8.72. The molecule has 5 N–H and O–H groups in total. The van der Waals surface area contributed by atoms with E-state index in [9.17, 15) is 14.7 Å². The van der Waals surface area contributed by atoms with Gasteiger partial charge in [0.25, 0.3) is 0 Å². The number of nitrogens with two attached hydrogens (primary N) is 2. The molecule has 1 aromatic heterocycles. The highest BCUT2D eigenvalue weighted by Gasteiger charge is 2.45. The van der Waals surface area contributed by atoms with Crippen LogP contribution in [0.15, 0.2) is 60.8 Å². The Morgan fingerprint density at radius 2 is 1.74 bits per heavy atom. The summed E-state index contributed by atoms with van der Waals surface area (Å²) in [6, 6.07) is 15.8. The molecule has 6 nitrogen and oxygen atoms in total. The molecule has 0 amide bonds. The summed E-state index contributed by atoms with van der Waals surface area (Å²) in [7, 11) is 1.87. The quantitative estimate of drug-likeness (QED) is 0.551. The number of benzene rings is 2. The van der Waals surface area contributed by atoms with E-state index in [0.29, 0.717) is 5.56 Å². The summed E-state index contributed by atoms with van der Waals surface area (Å²) in [5.74, 6) is -2.05. The number of ketones is 1. The first-order valence-electron chi connectivity index (χ1n) is 8.72. The van der Waals surface area contributed by atoms with Crippen molar-refractivity contribution in [3.63, 3.8) is 0 Å². The summed E-state index contributed by atoms with van der Waals surface area (Å²) in [4.78, 5) is 24.9. The number of para-hydroxylation sites is 1. The zero-order valence-corrected chi connectivity index (χ0v) is 15.1. The smallest absolute Gasteiger partial charge is 0.331 e. The number of Topliss-reactive ketones (excluding diaryl/α,β-unsaturated/α-hetero) is 1. The largest absolute Gasteiger partial charge is 0.480 e. The Morgan fingerprint density at radius 1 is 1.11 bits per heavy atom. The van der Waals surface area contributed by atoms with Crippen molar-refractivity contribution >= 4 is 22.7 Å². The Labute approximate surface area is 157 Å². The number of rotatable bonds is 7. The summed E-state index contributed by atoms with van der Waals surface area (Å²) < 4.78 is 1.89. The van der Waals surface area contributed by atoms with Crippen LogP contribution in [0, 0.1) is 0 Å². The molecule has 140 valence electrons. The summed E-state index contributed by atoms with van der Waals surface area (Å²) in [5.41, 5.74) is 12.6. The second-order valence-electron chi connectivity index (χ2n) is 6.90. The number of hydrogen-bond acceptors (Lipinski definition) is 4. The molecule has 1 heterocycles. The van der Waals surface area contributed by atoms with Crippen LogP contribution in [0.1, 0.15) is 11.1 Å². The van der Waals surface area contributed by atoms with Crippen LogP contribution in [0.4, 0.5) is 0 Å². The third-order valence-electron chi connectivity index (χ3n) is 4.91. The van der Waals surface area contributed by atoms with Crippen LogP contribution in [0.2, 0.25) is 0 Å². The van der Waals surface area contributed by atoms with Gasteiger partial charge in [0.1, 0.15) is 0 Å². The number of aryl methyl sites for hydroxylation is 1. The molecule has 3 rings (SSSR count). The van der Waals surface area contributed by atoms with Crippen LogP contribution in [-0.4, -0.2) is 33.0 Å². The van der Waals surface area contributed by atoms with Gasteiger partial charge in [-0.2, -0.15) is 0 Å². The molecule has 0 fully saturated rings. The standard InChI is InChI=1S/C21H23N3O3/c1-24-13-15(16-9-5-6-10-18(16)24)12-21(23,20(26)27)19(25)17(22)11-14-7-3-2-4-8-14/h2-10,13,17H,11-12,22-23H2,1H3,(H,26,27)/t17-,21-/m0/s1. The highest BCUT2D eigenvalue weighted by atomic mass is 16.4. The summed E-state index contributed by atoms with van der Waals surface area (Å²) in [6.07, 6.45) is 1.93. The van der Waals surface area contributed by atoms with Crippen molar-refractivity contribution in [1.29, 1.82) is 0 Å². The van der Waals surface area contributed by atoms with Gasteiger partial charge < -0.3 is 21.1 Å². The van der Waals surface area contributed by atoms with Crippen molar-refractivity contribution in [3.05, 3.63) is 71.9 Å². The summed E-state index contributed by atoms with van der Waals surface area (Å²) >= 11 is 0. The number of nitrogens with zero attached hydrogens (tertiary/aromatic N) is 1. The van der Waals surface area contributed by atoms with Crippen molar-refractivity contribution in [2.45, 2.75) is 24.4 Å². The Bertz CT molecular complexity index is 981. The molecule has 2 aromatic carbocycles. The predicted octanol–water partition coefficient (Wildman–Crippen LogP) is 1.64. The van der Waals surface area contributed by atoms with E-state index in [1.807, 2.05) is 72.4 Å². The van der Waals surface area contributed by atoms with Gasteiger partial charge in [0.2, 0.25) is 0 Å². The monoisotopic (exact) mass is 365 g/mol. The Balaban J connectivity index is 1.90. The molecule has 6 heteroatoms. The maximum Gasteiger partial charge on any atom is 0.331 e. The molecular formula is C21H23N3O3. The minimum Gasteiger partial charge on any atom is -0.480 e. The summed E-state index contributed by atoms with van der Waals surface area (Å²) in [5, 5.41) is 10.6. The first-order chi connectivity index (χ1) is 12.8. The molecule has 3 aromatic rings. The number of aliphatic carboxylic acids is 1. The van der Waals surface area contributed by atoms with Crippen LogP contribution in [0.5, 0.6) is 0 Å². The average molecular weight is 365 g/mol. The highest BCUT2D eigenvalue weighted by molar-refractivity contribution is 6.10. The molecule has 0 saturated heterocycles. The maximum absolute atomic E-state index is 12.9. The van der Waals surface area contributed by atoms with Crippen molar-refractivity contribution in [2.75, 3.05) is 0 Å². The van der Waals surface area contributed by atoms with Crippen LogP contribution in [0.25, 0.3) is 10.9 Å².